The fourth-order valence-corrected chi connectivity index (χ4v) is 3.42. The zero-order valence-corrected chi connectivity index (χ0v) is 16.9. The Kier molecular flexibility index (Phi) is 5.72. The minimum absolute atomic E-state index is 0.162. The van der Waals surface area contributed by atoms with Gasteiger partial charge in [-0.15, -0.1) is 0 Å². The molecule has 140 valence electrons. The second-order valence-corrected chi connectivity index (χ2v) is 7.03. The van der Waals surface area contributed by atoms with E-state index in [9.17, 15) is 9.59 Å². The van der Waals surface area contributed by atoms with Gasteiger partial charge >= 0.3 is 6.03 Å². The Hall–Kier alpha value is -2.51. The molecule has 0 radical (unpaired) electrons. The summed E-state index contributed by atoms with van der Waals surface area (Å²) in [6.07, 6.45) is 1.59. The van der Waals surface area contributed by atoms with Gasteiger partial charge < -0.3 is 14.8 Å². The lowest BCUT2D eigenvalue weighted by Gasteiger charge is -2.12. The Morgan fingerprint density at radius 2 is 1.85 bits per heavy atom. The van der Waals surface area contributed by atoms with E-state index in [1.807, 2.05) is 0 Å². The van der Waals surface area contributed by atoms with E-state index in [-0.39, 0.29) is 12.2 Å². The van der Waals surface area contributed by atoms with Crippen LogP contribution in [0.1, 0.15) is 11.1 Å². The minimum Gasteiger partial charge on any atom is -0.493 e. The first-order chi connectivity index (χ1) is 12.9. The number of amides is 3. The van der Waals surface area contributed by atoms with Gasteiger partial charge in [0.2, 0.25) is 0 Å². The number of hydrogen-bond donors (Lipinski definition) is 1. The molecule has 0 bridgehead atoms. The molecular weight excluding hydrogens is 436 g/mol. The number of urea groups is 1. The normalized spacial score (nSPS) is 15.3. The van der Waals surface area contributed by atoms with Crippen LogP contribution in [0.2, 0.25) is 5.02 Å². The van der Waals surface area contributed by atoms with Crippen LogP contribution in [0.25, 0.3) is 6.08 Å². The Labute approximate surface area is 169 Å². The first-order valence-electron chi connectivity index (χ1n) is 7.93. The molecule has 1 fully saturated rings. The van der Waals surface area contributed by atoms with Crippen molar-refractivity contribution in [2.24, 2.45) is 0 Å². The molecule has 1 aliphatic rings. The summed E-state index contributed by atoms with van der Waals surface area (Å²) in [4.78, 5) is 26.0. The Bertz CT molecular complexity index is 928. The highest BCUT2D eigenvalue weighted by Gasteiger charge is 2.33. The summed E-state index contributed by atoms with van der Waals surface area (Å²) in [5.41, 5.74) is 1.67. The fraction of sp³-hybridized carbons (Fsp3) is 0.158. The van der Waals surface area contributed by atoms with Crippen LogP contribution in [-0.2, 0) is 11.3 Å². The molecule has 0 aliphatic carbocycles. The standard InChI is InChI=1S/C19H16BrClN2O4/c1-26-16-9-12(7-14(20)17(16)27-2)8-15-18(24)23(19(25)22-15)10-11-3-5-13(21)6-4-11/h3-9H,10H2,1-2H3,(H,22,25)/b15-8+. The summed E-state index contributed by atoms with van der Waals surface area (Å²) in [6, 6.07) is 10.0. The van der Waals surface area contributed by atoms with Crippen molar-refractivity contribution in [1.29, 1.82) is 0 Å². The van der Waals surface area contributed by atoms with Gasteiger partial charge in [0.15, 0.2) is 11.5 Å². The third-order valence-electron chi connectivity index (χ3n) is 3.98. The predicted molar refractivity (Wildman–Crippen MR) is 106 cm³/mol. The summed E-state index contributed by atoms with van der Waals surface area (Å²) in [5.74, 6) is 0.653. The highest BCUT2D eigenvalue weighted by molar-refractivity contribution is 9.10. The molecule has 2 aromatic carbocycles. The third kappa shape index (κ3) is 4.09. The van der Waals surface area contributed by atoms with E-state index in [0.29, 0.717) is 26.6 Å². The molecule has 1 N–H and O–H groups in total. The van der Waals surface area contributed by atoms with E-state index in [0.717, 1.165) is 10.5 Å². The summed E-state index contributed by atoms with van der Waals surface area (Å²) in [7, 11) is 3.06. The maximum atomic E-state index is 12.6. The van der Waals surface area contributed by atoms with E-state index in [4.69, 9.17) is 21.1 Å². The Balaban J connectivity index is 1.86. The third-order valence-corrected chi connectivity index (χ3v) is 4.82. The van der Waals surface area contributed by atoms with Gasteiger partial charge in [0.1, 0.15) is 5.70 Å². The molecule has 0 aromatic heterocycles. The summed E-state index contributed by atoms with van der Waals surface area (Å²) >= 11 is 9.28. The molecule has 0 spiro atoms. The lowest BCUT2D eigenvalue weighted by atomic mass is 10.1. The van der Waals surface area contributed by atoms with Crippen LogP contribution in [-0.4, -0.2) is 31.1 Å². The van der Waals surface area contributed by atoms with E-state index in [1.54, 1.807) is 42.5 Å². The van der Waals surface area contributed by atoms with Gasteiger partial charge in [-0.25, -0.2) is 4.79 Å². The quantitative estimate of drug-likeness (QED) is 0.546. The molecule has 27 heavy (non-hydrogen) atoms. The SMILES string of the molecule is COc1cc(/C=C2/NC(=O)N(Cc3ccc(Cl)cc3)C2=O)cc(Br)c1OC. The molecule has 3 amide bonds. The van der Waals surface area contributed by atoms with Gasteiger partial charge in [0, 0.05) is 5.02 Å². The molecule has 0 unspecified atom stereocenters. The molecule has 8 heteroatoms. The number of benzene rings is 2. The Morgan fingerprint density at radius 3 is 2.48 bits per heavy atom. The number of ether oxygens (including phenoxy) is 2. The average molecular weight is 452 g/mol. The average Bonchev–Trinajstić information content (AvgIpc) is 2.90. The van der Waals surface area contributed by atoms with Crippen LogP contribution in [0.4, 0.5) is 4.79 Å². The first-order valence-corrected chi connectivity index (χ1v) is 9.10. The fourth-order valence-electron chi connectivity index (χ4n) is 2.68. The van der Waals surface area contributed by atoms with E-state index >= 15 is 0 Å². The second kappa shape index (κ2) is 8.02. The molecule has 1 heterocycles. The number of imide groups is 1. The monoisotopic (exact) mass is 450 g/mol. The van der Waals surface area contributed by atoms with E-state index in [1.165, 1.54) is 14.2 Å². The van der Waals surface area contributed by atoms with Crippen LogP contribution in [0.3, 0.4) is 0 Å². The molecule has 0 atom stereocenters. The second-order valence-electron chi connectivity index (χ2n) is 5.74. The smallest absolute Gasteiger partial charge is 0.329 e. The number of methoxy groups -OCH3 is 2. The molecular formula is C19H16BrClN2O4. The van der Waals surface area contributed by atoms with Crippen LogP contribution < -0.4 is 14.8 Å². The molecule has 1 aliphatic heterocycles. The number of rotatable bonds is 5. The topological polar surface area (TPSA) is 67.9 Å². The maximum absolute atomic E-state index is 12.6. The predicted octanol–water partition coefficient (Wildman–Crippen LogP) is 4.21. The van der Waals surface area contributed by atoms with Crippen molar-refractivity contribution in [3.63, 3.8) is 0 Å². The van der Waals surface area contributed by atoms with Crippen molar-refractivity contribution in [1.82, 2.24) is 10.2 Å². The number of nitrogens with one attached hydrogen (secondary N) is 1. The number of nitrogens with zero attached hydrogens (tertiary/aromatic N) is 1. The van der Waals surface area contributed by atoms with Crippen LogP contribution in [0.15, 0.2) is 46.6 Å². The van der Waals surface area contributed by atoms with Crippen LogP contribution in [0.5, 0.6) is 11.5 Å². The van der Waals surface area contributed by atoms with Crippen molar-refractivity contribution in [2.45, 2.75) is 6.54 Å². The lowest BCUT2D eigenvalue weighted by Crippen LogP contribution is -2.30. The number of carbonyl (C=O) groups excluding carboxylic acids is 2. The van der Waals surface area contributed by atoms with Gasteiger partial charge in [0.05, 0.1) is 25.2 Å². The van der Waals surface area contributed by atoms with Gasteiger partial charge in [-0.1, -0.05) is 23.7 Å². The molecule has 3 rings (SSSR count). The summed E-state index contributed by atoms with van der Waals surface area (Å²) < 4.78 is 11.2. The van der Waals surface area contributed by atoms with Gasteiger partial charge in [-0.3, -0.25) is 9.69 Å². The largest absolute Gasteiger partial charge is 0.493 e. The number of hydrogen-bond acceptors (Lipinski definition) is 4. The van der Waals surface area contributed by atoms with E-state index < -0.39 is 11.9 Å². The van der Waals surface area contributed by atoms with Gasteiger partial charge in [-0.05, 0) is 57.4 Å². The number of carbonyl (C=O) groups is 2. The van der Waals surface area contributed by atoms with Crippen molar-refractivity contribution in [3.8, 4) is 11.5 Å². The van der Waals surface area contributed by atoms with Crippen molar-refractivity contribution in [3.05, 3.63) is 62.7 Å². The lowest BCUT2D eigenvalue weighted by molar-refractivity contribution is -0.123. The van der Waals surface area contributed by atoms with Crippen molar-refractivity contribution in [2.75, 3.05) is 14.2 Å². The van der Waals surface area contributed by atoms with Gasteiger partial charge in [-0.2, -0.15) is 0 Å². The van der Waals surface area contributed by atoms with Crippen LogP contribution >= 0.6 is 27.5 Å². The van der Waals surface area contributed by atoms with Crippen molar-refractivity contribution < 1.29 is 19.1 Å². The van der Waals surface area contributed by atoms with Crippen molar-refractivity contribution >= 4 is 45.5 Å². The van der Waals surface area contributed by atoms with Gasteiger partial charge in [0.25, 0.3) is 5.91 Å². The van der Waals surface area contributed by atoms with Crippen LogP contribution in [0, 0.1) is 0 Å². The highest BCUT2D eigenvalue weighted by Crippen LogP contribution is 2.37. The minimum atomic E-state index is -0.472. The molecule has 1 saturated heterocycles. The summed E-state index contributed by atoms with van der Waals surface area (Å²) in [5, 5.41) is 3.20. The molecule has 6 nitrogen and oxygen atoms in total. The maximum Gasteiger partial charge on any atom is 0.329 e. The number of halogens is 2. The highest BCUT2D eigenvalue weighted by atomic mass is 79.9. The zero-order chi connectivity index (χ0) is 19.6. The van der Waals surface area contributed by atoms with E-state index in [2.05, 4.69) is 21.2 Å². The first kappa shape index (κ1) is 19.3. The molecule has 0 saturated carbocycles. The summed E-state index contributed by atoms with van der Waals surface area (Å²) in [6.45, 7) is 0.162. The molecule has 2 aromatic rings. The Morgan fingerprint density at radius 1 is 1.15 bits per heavy atom. The zero-order valence-electron chi connectivity index (χ0n) is 14.6.